The lowest BCUT2D eigenvalue weighted by Crippen LogP contribution is -2.00. The normalized spacial score (nSPS) is 11.8. The molecule has 10 heavy (non-hydrogen) atoms. The van der Waals surface area contributed by atoms with E-state index in [1.165, 1.54) is 12.3 Å². The molecule has 0 saturated carbocycles. The fourth-order valence-corrected chi connectivity index (χ4v) is 0.303. The third-order valence-electron chi connectivity index (χ3n) is 0.696. The molecule has 4 nitrogen and oxygen atoms in total. The highest BCUT2D eigenvalue weighted by Crippen LogP contribution is 1.91. The molecular formula is C6H8N2O2. The van der Waals surface area contributed by atoms with Crippen molar-refractivity contribution < 1.29 is 9.90 Å². The smallest absolute Gasteiger partial charge is 0.355 e. The highest BCUT2D eigenvalue weighted by molar-refractivity contribution is 5.89. The molecular weight excluding hydrogens is 132 g/mol. The van der Waals surface area contributed by atoms with Crippen LogP contribution in [0.3, 0.4) is 0 Å². The number of allylic oxidation sites excluding steroid dienone is 1. The number of carbonyl (C=O) groups is 1. The Kier molecular flexibility index (Phi) is 3.63. The van der Waals surface area contributed by atoms with Crippen molar-refractivity contribution in [1.29, 1.82) is 0 Å². The lowest BCUT2D eigenvalue weighted by molar-refractivity contribution is -0.132. The summed E-state index contributed by atoms with van der Waals surface area (Å²) in [5.74, 6) is -1.15. The maximum atomic E-state index is 10.1. The summed E-state index contributed by atoms with van der Waals surface area (Å²) in [6.07, 6.45) is 3.54. The molecule has 0 fully saturated rings. The van der Waals surface area contributed by atoms with Gasteiger partial charge in [0.15, 0.2) is 5.70 Å². The average molecular weight is 140 g/mol. The van der Waals surface area contributed by atoms with Crippen molar-refractivity contribution in [2.75, 3.05) is 0 Å². The fraction of sp³-hybridized carbons (Fsp3) is 0. The second-order valence-corrected chi connectivity index (χ2v) is 1.37. The molecule has 0 radical (unpaired) electrons. The van der Waals surface area contributed by atoms with Crippen LogP contribution in [0, 0.1) is 0 Å². The number of rotatable bonds is 3. The van der Waals surface area contributed by atoms with Crippen LogP contribution >= 0.6 is 0 Å². The lowest BCUT2D eigenvalue weighted by atomic mass is 10.5. The minimum atomic E-state index is -1.15. The van der Waals surface area contributed by atoms with E-state index in [4.69, 9.17) is 10.8 Å². The van der Waals surface area contributed by atoms with Crippen molar-refractivity contribution in [3.05, 3.63) is 24.6 Å². The Hall–Kier alpha value is -1.58. The van der Waals surface area contributed by atoms with Crippen LogP contribution in [0.1, 0.15) is 0 Å². The van der Waals surface area contributed by atoms with Crippen molar-refractivity contribution in [2.45, 2.75) is 0 Å². The van der Waals surface area contributed by atoms with Gasteiger partial charge in [-0.3, -0.25) is 0 Å². The summed E-state index contributed by atoms with van der Waals surface area (Å²) in [4.78, 5) is 13.6. The maximum absolute atomic E-state index is 10.1. The Bertz CT molecular complexity index is 194. The van der Waals surface area contributed by atoms with E-state index < -0.39 is 5.97 Å². The predicted molar refractivity (Wildman–Crippen MR) is 38.6 cm³/mol. The Morgan fingerprint density at radius 1 is 1.70 bits per heavy atom. The molecule has 0 unspecified atom stereocenters. The summed E-state index contributed by atoms with van der Waals surface area (Å²) in [5, 5.41) is 8.30. The first kappa shape index (κ1) is 8.42. The van der Waals surface area contributed by atoms with Gasteiger partial charge in [-0.05, 0) is 0 Å². The van der Waals surface area contributed by atoms with Gasteiger partial charge in [0.25, 0.3) is 0 Å². The number of carboxylic acids is 1. The van der Waals surface area contributed by atoms with Crippen molar-refractivity contribution >= 4 is 12.2 Å². The quantitative estimate of drug-likeness (QED) is 0.432. The third-order valence-corrected chi connectivity index (χ3v) is 0.696. The van der Waals surface area contributed by atoms with Gasteiger partial charge in [0.2, 0.25) is 0 Å². The van der Waals surface area contributed by atoms with Crippen LogP contribution in [0.2, 0.25) is 0 Å². The van der Waals surface area contributed by atoms with Crippen LogP contribution in [0.15, 0.2) is 29.5 Å². The second-order valence-electron chi connectivity index (χ2n) is 1.37. The van der Waals surface area contributed by atoms with Gasteiger partial charge in [-0.2, -0.15) is 0 Å². The molecule has 0 bridgehead atoms. The van der Waals surface area contributed by atoms with Crippen molar-refractivity contribution in [2.24, 2.45) is 10.7 Å². The van der Waals surface area contributed by atoms with Gasteiger partial charge in [-0.15, -0.1) is 0 Å². The summed E-state index contributed by atoms with van der Waals surface area (Å²) in [5.41, 5.74) is 4.73. The zero-order valence-electron chi connectivity index (χ0n) is 5.32. The third kappa shape index (κ3) is 2.66. The number of carboxylic acid groups (broad SMARTS) is 1. The Labute approximate surface area is 58.4 Å². The molecule has 0 atom stereocenters. The number of aliphatic imine (C=N–C) groups is 1. The molecule has 54 valence electrons. The first-order chi connectivity index (χ1) is 4.72. The summed E-state index contributed by atoms with van der Waals surface area (Å²) in [6.45, 7) is 3.32. The molecule has 3 N–H and O–H groups in total. The van der Waals surface area contributed by atoms with E-state index in [9.17, 15) is 4.79 Å². The van der Waals surface area contributed by atoms with E-state index >= 15 is 0 Å². The van der Waals surface area contributed by atoms with Gasteiger partial charge in [0, 0.05) is 12.4 Å². The predicted octanol–water partition coefficient (Wildman–Crippen LogP) is 0.128. The first-order valence-corrected chi connectivity index (χ1v) is 2.52. The molecule has 0 aromatic heterocycles. The van der Waals surface area contributed by atoms with Crippen LogP contribution in [-0.4, -0.2) is 17.3 Å². The largest absolute Gasteiger partial charge is 0.476 e. The van der Waals surface area contributed by atoms with Gasteiger partial charge < -0.3 is 10.8 Å². The number of aliphatic carboxylic acids is 1. The molecule has 0 amide bonds. The van der Waals surface area contributed by atoms with Crippen molar-refractivity contribution in [1.82, 2.24) is 0 Å². The summed E-state index contributed by atoms with van der Waals surface area (Å²) >= 11 is 0. The molecule has 0 spiro atoms. The number of hydrogen-bond acceptors (Lipinski definition) is 3. The average Bonchev–Trinajstić information content (AvgIpc) is 1.89. The van der Waals surface area contributed by atoms with Gasteiger partial charge in [-0.1, -0.05) is 12.7 Å². The standard InChI is InChI=1S/C6H8N2O2/c1-2-3-8-5(4-7)6(9)10/h2-4H,1,7H2,(H,9,10)/b5-4-,8-3-. The topological polar surface area (TPSA) is 75.7 Å². The molecule has 0 aliphatic rings. The van der Waals surface area contributed by atoms with E-state index in [1.807, 2.05) is 0 Å². The van der Waals surface area contributed by atoms with Crippen LogP contribution in [-0.2, 0) is 4.79 Å². The highest BCUT2D eigenvalue weighted by Gasteiger charge is 2.00. The zero-order chi connectivity index (χ0) is 7.98. The lowest BCUT2D eigenvalue weighted by Gasteiger charge is -1.88. The van der Waals surface area contributed by atoms with Crippen LogP contribution < -0.4 is 5.73 Å². The molecule has 0 rings (SSSR count). The van der Waals surface area contributed by atoms with Gasteiger partial charge in [0.1, 0.15) is 0 Å². The number of nitrogens with zero attached hydrogens (tertiary/aromatic N) is 1. The highest BCUT2D eigenvalue weighted by atomic mass is 16.4. The van der Waals surface area contributed by atoms with Crippen molar-refractivity contribution in [3.63, 3.8) is 0 Å². The molecule has 4 heteroatoms. The molecule has 0 aliphatic heterocycles. The van der Waals surface area contributed by atoms with Crippen LogP contribution in [0.4, 0.5) is 0 Å². The SMILES string of the molecule is C=C/C=N\C(=C/N)C(=O)O. The first-order valence-electron chi connectivity index (χ1n) is 2.52. The Balaban J connectivity index is 4.25. The van der Waals surface area contributed by atoms with E-state index in [-0.39, 0.29) is 5.70 Å². The molecule has 0 saturated heterocycles. The van der Waals surface area contributed by atoms with Gasteiger partial charge >= 0.3 is 5.97 Å². The summed E-state index contributed by atoms with van der Waals surface area (Å²) in [7, 11) is 0. The monoisotopic (exact) mass is 140 g/mol. The van der Waals surface area contributed by atoms with Crippen LogP contribution in [0.5, 0.6) is 0 Å². The molecule has 0 heterocycles. The summed E-state index contributed by atoms with van der Waals surface area (Å²) in [6, 6.07) is 0. The number of hydrogen-bond donors (Lipinski definition) is 2. The molecule has 0 aromatic rings. The Morgan fingerprint density at radius 3 is 2.60 bits per heavy atom. The minimum absolute atomic E-state index is 0.195. The van der Waals surface area contributed by atoms with Gasteiger partial charge in [-0.25, -0.2) is 9.79 Å². The molecule has 0 aliphatic carbocycles. The second kappa shape index (κ2) is 4.31. The van der Waals surface area contributed by atoms with E-state index in [2.05, 4.69) is 11.6 Å². The Morgan fingerprint density at radius 2 is 2.30 bits per heavy atom. The zero-order valence-corrected chi connectivity index (χ0v) is 5.32. The van der Waals surface area contributed by atoms with E-state index in [1.54, 1.807) is 0 Å². The summed E-state index contributed by atoms with van der Waals surface area (Å²) < 4.78 is 0. The van der Waals surface area contributed by atoms with Crippen LogP contribution in [0.25, 0.3) is 0 Å². The maximum Gasteiger partial charge on any atom is 0.355 e. The molecule has 0 aromatic carbocycles. The fourth-order valence-electron chi connectivity index (χ4n) is 0.303. The van der Waals surface area contributed by atoms with E-state index in [0.717, 1.165) is 6.20 Å². The van der Waals surface area contributed by atoms with Gasteiger partial charge in [0.05, 0.1) is 0 Å². The van der Waals surface area contributed by atoms with E-state index in [0.29, 0.717) is 0 Å². The van der Waals surface area contributed by atoms with Crippen molar-refractivity contribution in [3.8, 4) is 0 Å². The number of nitrogens with two attached hydrogens (primary N) is 1. The minimum Gasteiger partial charge on any atom is -0.476 e.